The monoisotopic (exact) mass is 364 g/mol. The molecule has 3 heteroatoms. The Hall–Kier alpha value is -0.563. The molecule has 144 valence electrons. The lowest BCUT2D eigenvalue weighted by molar-refractivity contribution is 0.0482. The maximum Gasteiger partial charge on any atom is 0.193 e. The maximum atomic E-state index is 10.7. The van der Waals surface area contributed by atoms with Crippen LogP contribution < -0.4 is 0 Å². The maximum absolute atomic E-state index is 10.7. The van der Waals surface area contributed by atoms with Crippen LogP contribution in [0.4, 0.5) is 0 Å². The SMILES string of the molecule is C=C(C)[C@@H]1CC[C@@H](C)C[C@H]1[C@H](O)CC#C[C@H](C)O[Si](C)(C)C(C)(C)C. The van der Waals surface area contributed by atoms with Gasteiger partial charge < -0.3 is 9.53 Å². The van der Waals surface area contributed by atoms with Crippen molar-refractivity contribution < 1.29 is 9.53 Å². The molecule has 1 aliphatic carbocycles. The summed E-state index contributed by atoms with van der Waals surface area (Å²) in [6.07, 6.45) is 3.57. The van der Waals surface area contributed by atoms with Gasteiger partial charge in [-0.25, -0.2) is 0 Å². The molecule has 0 unspecified atom stereocenters. The van der Waals surface area contributed by atoms with Crippen LogP contribution in [0.3, 0.4) is 0 Å². The van der Waals surface area contributed by atoms with E-state index in [1.165, 1.54) is 12.0 Å². The van der Waals surface area contributed by atoms with Crippen LogP contribution in [0.25, 0.3) is 0 Å². The molecule has 2 nitrogen and oxygen atoms in total. The largest absolute Gasteiger partial charge is 0.404 e. The fraction of sp³-hybridized carbons (Fsp3) is 0.818. The Morgan fingerprint density at radius 1 is 1.32 bits per heavy atom. The molecular formula is C22H40O2Si. The highest BCUT2D eigenvalue weighted by Gasteiger charge is 2.38. The Morgan fingerprint density at radius 2 is 1.92 bits per heavy atom. The van der Waals surface area contributed by atoms with Gasteiger partial charge in [0.2, 0.25) is 0 Å². The van der Waals surface area contributed by atoms with Crippen molar-refractivity contribution in [3.63, 3.8) is 0 Å². The van der Waals surface area contributed by atoms with Gasteiger partial charge in [0.15, 0.2) is 8.32 Å². The normalized spacial score (nSPS) is 27.2. The van der Waals surface area contributed by atoms with E-state index >= 15 is 0 Å². The van der Waals surface area contributed by atoms with Crippen molar-refractivity contribution in [3.05, 3.63) is 12.2 Å². The van der Waals surface area contributed by atoms with Crippen molar-refractivity contribution in [3.8, 4) is 11.8 Å². The summed E-state index contributed by atoms with van der Waals surface area (Å²) in [7, 11) is -1.79. The van der Waals surface area contributed by atoms with Gasteiger partial charge in [-0.3, -0.25) is 0 Å². The van der Waals surface area contributed by atoms with Crippen molar-refractivity contribution in [2.24, 2.45) is 17.8 Å². The Labute approximate surface area is 157 Å². The summed E-state index contributed by atoms with van der Waals surface area (Å²) in [6.45, 7) is 21.8. The molecule has 25 heavy (non-hydrogen) atoms. The standard InChI is InChI=1S/C22H40O2Si/c1-16(2)19-14-13-17(3)15-20(19)21(23)12-10-11-18(4)24-25(8,9)22(5,6)7/h17-21,23H,1,12-15H2,2-9H3/t17-,18+,19+,20-,21-/m1/s1. The van der Waals surface area contributed by atoms with Gasteiger partial charge in [0, 0.05) is 6.42 Å². The summed E-state index contributed by atoms with van der Waals surface area (Å²) in [5, 5.41) is 10.9. The van der Waals surface area contributed by atoms with Gasteiger partial charge >= 0.3 is 0 Å². The molecule has 1 N–H and O–H groups in total. The zero-order valence-electron chi connectivity index (χ0n) is 17.8. The molecular weight excluding hydrogens is 324 g/mol. The molecule has 0 aromatic rings. The Kier molecular flexibility index (Phi) is 7.99. The van der Waals surface area contributed by atoms with Crippen LogP contribution in [0.2, 0.25) is 18.1 Å². The third-order valence-corrected chi connectivity index (χ3v) is 10.7. The third-order valence-electron chi connectivity index (χ3n) is 6.18. The summed E-state index contributed by atoms with van der Waals surface area (Å²) in [4.78, 5) is 0. The molecule has 0 amide bonds. The average Bonchev–Trinajstić information content (AvgIpc) is 2.44. The highest BCUT2D eigenvalue weighted by Crippen LogP contribution is 2.40. The van der Waals surface area contributed by atoms with Crippen LogP contribution in [-0.4, -0.2) is 25.6 Å². The summed E-state index contributed by atoms with van der Waals surface area (Å²) in [5.74, 6) is 7.84. The summed E-state index contributed by atoms with van der Waals surface area (Å²) in [6, 6.07) is 0. The van der Waals surface area contributed by atoms with Gasteiger partial charge in [-0.15, -0.1) is 0 Å². The molecule has 1 rings (SSSR count). The summed E-state index contributed by atoms with van der Waals surface area (Å²) >= 11 is 0. The van der Waals surface area contributed by atoms with E-state index in [2.05, 4.69) is 66.1 Å². The number of hydrogen-bond acceptors (Lipinski definition) is 2. The van der Waals surface area contributed by atoms with Crippen LogP contribution in [-0.2, 0) is 4.43 Å². The third kappa shape index (κ3) is 6.59. The minimum atomic E-state index is -1.79. The zero-order chi connectivity index (χ0) is 19.4. The van der Waals surface area contributed by atoms with Gasteiger partial charge in [-0.2, -0.15) is 0 Å². The molecule has 0 aliphatic heterocycles. The van der Waals surface area contributed by atoms with E-state index in [0.29, 0.717) is 24.2 Å². The highest BCUT2D eigenvalue weighted by atomic mass is 28.4. The molecule has 0 spiro atoms. The first-order chi connectivity index (χ1) is 11.3. The predicted molar refractivity (Wildman–Crippen MR) is 111 cm³/mol. The number of hydrogen-bond donors (Lipinski definition) is 1. The molecule has 1 fully saturated rings. The van der Waals surface area contributed by atoms with Crippen LogP contribution >= 0.6 is 0 Å². The second-order valence-electron chi connectivity index (χ2n) is 9.65. The van der Waals surface area contributed by atoms with E-state index in [4.69, 9.17) is 4.43 Å². The molecule has 0 aromatic carbocycles. The van der Waals surface area contributed by atoms with Crippen molar-refractivity contribution in [2.75, 3.05) is 0 Å². The van der Waals surface area contributed by atoms with Crippen LogP contribution in [0.15, 0.2) is 12.2 Å². The van der Waals surface area contributed by atoms with Crippen LogP contribution in [0.1, 0.15) is 67.2 Å². The first kappa shape index (κ1) is 22.5. The van der Waals surface area contributed by atoms with Gasteiger partial charge in [0.1, 0.15) is 6.10 Å². The predicted octanol–water partition coefficient (Wildman–Crippen LogP) is 5.78. The Bertz CT molecular complexity index is 506. The molecule has 5 atom stereocenters. The second kappa shape index (κ2) is 8.89. The van der Waals surface area contributed by atoms with Gasteiger partial charge in [0.05, 0.1) is 6.10 Å². The topological polar surface area (TPSA) is 29.5 Å². The molecule has 1 saturated carbocycles. The van der Waals surface area contributed by atoms with E-state index in [-0.39, 0.29) is 17.2 Å². The lowest BCUT2D eigenvalue weighted by atomic mass is 9.69. The number of aliphatic hydroxyl groups excluding tert-OH is 1. The lowest BCUT2D eigenvalue weighted by Gasteiger charge is -2.38. The van der Waals surface area contributed by atoms with Gasteiger partial charge in [-0.05, 0) is 62.6 Å². The fourth-order valence-corrected chi connectivity index (χ4v) is 4.87. The quantitative estimate of drug-likeness (QED) is 0.381. The minimum Gasteiger partial charge on any atom is -0.404 e. The zero-order valence-corrected chi connectivity index (χ0v) is 18.8. The molecule has 1 aliphatic rings. The van der Waals surface area contributed by atoms with E-state index in [9.17, 15) is 5.11 Å². The van der Waals surface area contributed by atoms with Gasteiger partial charge in [0.25, 0.3) is 0 Å². The van der Waals surface area contributed by atoms with Crippen molar-refractivity contribution in [1.82, 2.24) is 0 Å². The van der Waals surface area contributed by atoms with Crippen molar-refractivity contribution in [2.45, 2.75) is 97.6 Å². The van der Waals surface area contributed by atoms with E-state index in [1.54, 1.807) is 0 Å². The van der Waals surface area contributed by atoms with E-state index in [0.717, 1.165) is 12.8 Å². The van der Waals surface area contributed by atoms with Crippen LogP contribution in [0, 0.1) is 29.6 Å². The minimum absolute atomic E-state index is 0.0738. The lowest BCUT2D eigenvalue weighted by Crippen LogP contribution is -2.43. The molecule has 0 radical (unpaired) electrons. The van der Waals surface area contributed by atoms with Crippen LogP contribution in [0.5, 0.6) is 0 Å². The Morgan fingerprint density at radius 3 is 2.44 bits per heavy atom. The molecule has 0 heterocycles. The molecule has 0 bridgehead atoms. The fourth-order valence-electron chi connectivity index (χ4n) is 3.57. The molecule has 0 aromatic heterocycles. The smallest absolute Gasteiger partial charge is 0.193 e. The average molecular weight is 365 g/mol. The summed E-state index contributed by atoms with van der Waals surface area (Å²) in [5.41, 5.74) is 1.21. The van der Waals surface area contributed by atoms with E-state index in [1.807, 2.05) is 6.92 Å². The second-order valence-corrected chi connectivity index (χ2v) is 14.4. The number of rotatable bonds is 5. The highest BCUT2D eigenvalue weighted by molar-refractivity contribution is 6.74. The first-order valence-corrected chi connectivity index (χ1v) is 12.8. The van der Waals surface area contributed by atoms with E-state index < -0.39 is 8.32 Å². The van der Waals surface area contributed by atoms with Gasteiger partial charge in [-0.1, -0.05) is 58.1 Å². The number of aliphatic hydroxyl groups is 1. The molecule has 0 saturated heterocycles. The van der Waals surface area contributed by atoms with Crippen molar-refractivity contribution in [1.29, 1.82) is 0 Å². The summed E-state index contributed by atoms with van der Waals surface area (Å²) < 4.78 is 6.28. The first-order valence-electron chi connectivity index (χ1n) is 9.85. The van der Waals surface area contributed by atoms with Crippen molar-refractivity contribution >= 4 is 8.32 Å². The Balaban J connectivity index is 2.65. The number of allylic oxidation sites excluding steroid dienone is 1.